The summed E-state index contributed by atoms with van der Waals surface area (Å²) >= 11 is 0. The summed E-state index contributed by atoms with van der Waals surface area (Å²) in [4.78, 5) is 16.2. The minimum absolute atomic E-state index is 0.102. The van der Waals surface area contributed by atoms with Crippen molar-refractivity contribution < 1.29 is 13.2 Å². The van der Waals surface area contributed by atoms with Crippen LogP contribution in [-0.4, -0.2) is 51.9 Å². The van der Waals surface area contributed by atoms with Gasteiger partial charge in [-0.3, -0.25) is 4.79 Å². The highest BCUT2D eigenvalue weighted by atomic mass is 32.2. The van der Waals surface area contributed by atoms with Gasteiger partial charge in [0.25, 0.3) is 0 Å². The number of amides is 1. The van der Waals surface area contributed by atoms with E-state index in [9.17, 15) is 13.2 Å². The molecule has 150 valence electrons. The van der Waals surface area contributed by atoms with E-state index in [4.69, 9.17) is 0 Å². The number of likely N-dealkylation sites (tertiary alicyclic amines) is 1. The van der Waals surface area contributed by atoms with Gasteiger partial charge in [0.15, 0.2) is 0 Å². The van der Waals surface area contributed by atoms with Crippen LogP contribution in [0.5, 0.6) is 0 Å². The molecule has 2 heterocycles. The maximum Gasteiger partial charge on any atom is 0.240 e. The van der Waals surface area contributed by atoms with Crippen molar-refractivity contribution in [3.05, 3.63) is 24.3 Å². The van der Waals surface area contributed by atoms with Crippen LogP contribution in [0.1, 0.15) is 39.5 Å². The second-order valence-electron chi connectivity index (χ2n) is 8.10. The molecule has 7 heteroatoms. The molecule has 0 bridgehead atoms. The van der Waals surface area contributed by atoms with Gasteiger partial charge >= 0.3 is 0 Å². The van der Waals surface area contributed by atoms with Gasteiger partial charge in [-0.05, 0) is 61.9 Å². The first-order valence-electron chi connectivity index (χ1n) is 9.97. The first-order chi connectivity index (χ1) is 12.8. The van der Waals surface area contributed by atoms with Crippen molar-refractivity contribution >= 4 is 21.6 Å². The maximum absolute atomic E-state index is 12.5. The minimum atomic E-state index is -3.51. The molecule has 0 spiro atoms. The Bertz CT molecular complexity index is 738. The third-order valence-corrected chi connectivity index (χ3v) is 6.90. The summed E-state index contributed by atoms with van der Waals surface area (Å²) in [6.07, 6.45) is 3.51. The van der Waals surface area contributed by atoms with Crippen molar-refractivity contribution in [2.24, 2.45) is 11.8 Å². The van der Waals surface area contributed by atoms with E-state index in [0.717, 1.165) is 38.2 Å². The van der Waals surface area contributed by atoms with Crippen molar-refractivity contribution in [1.82, 2.24) is 9.62 Å². The monoisotopic (exact) mass is 393 g/mol. The quantitative estimate of drug-likeness (QED) is 0.723. The molecule has 2 aliphatic heterocycles. The summed E-state index contributed by atoms with van der Waals surface area (Å²) in [5, 5.41) is 0. The molecule has 1 amide bonds. The maximum atomic E-state index is 12.5. The van der Waals surface area contributed by atoms with E-state index < -0.39 is 10.0 Å². The van der Waals surface area contributed by atoms with Gasteiger partial charge < -0.3 is 9.80 Å². The third kappa shape index (κ3) is 5.30. The number of benzene rings is 1. The Morgan fingerprint density at radius 1 is 1.11 bits per heavy atom. The fourth-order valence-corrected chi connectivity index (χ4v) is 5.37. The van der Waals surface area contributed by atoms with E-state index in [0.29, 0.717) is 31.3 Å². The Labute approximate surface area is 163 Å². The number of hydrogen-bond donors (Lipinski definition) is 1. The lowest BCUT2D eigenvalue weighted by Gasteiger charge is -2.34. The summed E-state index contributed by atoms with van der Waals surface area (Å²) in [7, 11) is -3.51. The summed E-state index contributed by atoms with van der Waals surface area (Å²) in [5.41, 5.74) is 0.768. The predicted octanol–water partition coefficient (Wildman–Crippen LogP) is 2.46. The molecule has 1 aromatic rings. The molecule has 0 aliphatic carbocycles. The molecule has 2 saturated heterocycles. The van der Waals surface area contributed by atoms with Gasteiger partial charge in [0, 0.05) is 38.3 Å². The molecular formula is C20H31N3O3S. The number of sulfonamides is 1. The predicted molar refractivity (Wildman–Crippen MR) is 107 cm³/mol. The number of nitrogens with zero attached hydrogens (tertiary/aromatic N) is 2. The Hall–Kier alpha value is -1.44. The molecule has 2 atom stereocenters. The van der Waals surface area contributed by atoms with E-state index in [2.05, 4.69) is 23.5 Å². The molecular weight excluding hydrogens is 362 g/mol. The van der Waals surface area contributed by atoms with E-state index in [1.54, 1.807) is 29.2 Å². The first kappa shape index (κ1) is 20.3. The summed E-state index contributed by atoms with van der Waals surface area (Å²) < 4.78 is 27.7. The smallest absolute Gasteiger partial charge is 0.240 e. The lowest BCUT2D eigenvalue weighted by atomic mass is 9.92. The van der Waals surface area contributed by atoms with Crippen molar-refractivity contribution in [3.63, 3.8) is 0 Å². The van der Waals surface area contributed by atoms with Crippen molar-refractivity contribution in [1.29, 1.82) is 0 Å². The number of carbonyl (C=O) groups is 1. The fraction of sp³-hybridized carbons (Fsp3) is 0.650. The number of piperidine rings is 1. The van der Waals surface area contributed by atoms with Crippen LogP contribution in [0.3, 0.4) is 0 Å². The zero-order chi connectivity index (χ0) is 19.4. The van der Waals surface area contributed by atoms with E-state index in [-0.39, 0.29) is 10.8 Å². The lowest BCUT2D eigenvalue weighted by molar-refractivity contribution is -0.117. The van der Waals surface area contributed by atoms with Gasteiger partial charge in [-0.1, -0.05) is 13.8 Å². The average molecular weight is 394 g/mol. The highest BCUT2D eigenvalue weighted by molar-refractivity contribution is 7.89. The lowest BCUT2D eigenvalue weighted by Crippen LogP contribution is -2.40. The molecule has 0 saturated carbocycles. The van der Waals surface area contributed by atoms with Crippen LogP contribution < -0.4 is 9.62 Å². The van der Waals surface area contributed by atoms with Crippen molar-refractivity contribution in [2.45, 2.75) is 44.4 Å². The van der Waals surface area contributed by atoms with E-state index in [1.807, 2.05) is 0 Å². The van der Waals surface area contributed by atoms with E-state index in [1.165, 1.54) is 6.42 Å². The highest BCUT2D eigenvalue weighted by Gasteiger charge is 2.23. The number of hydrogen-bond acceptors (Lipinski definition) is 4. The van der Waals surface area contributed by atoms with Crippen LogP contribution in [0.4, 0.5) is 5.69 Å². The molecule has 0 unspecified atom stereocenters. The largest absolute Gasteiger partial charge is 0.312 e. The van der Waals surface area contributed by atoms with Gasteiger partial charge in [0.05, 0.1) is 4.90 Å². The van der Waals surface area contributed by atoms with Crippen LogP contribution in [0, 0.1) is 11.8 Å². The number of nitrogens with one attached hydrogen (secondary N) is 1. The number of rotatable bonds is 7. The molecule has 1 N–H and O–H groups in total. The number of carbonyl (C=O) groups excluding carboxylic acids is 1. The van der Waals surface area contributed by atoms with Crippen molar-refractivity contribution in [3.8, 4) is 0 Å². The summed E-state index contributed by atoms with van der Waals surface area (Å²) in [5.74, 6) is 1.53. The van der Waals surface area contributed by atoms with Crippen LogP contribution >= 0.6 is 0 Å². The Morgan fingerprint density at radius 2 is 1.78 bits per heavy atom. The topological polar surface area (TPSA) is 69.7 Å². The molecule has 3 rings (SSSR count). The molecule has 6 nitrogen and oxygen atoms in total. The van der Waals surface area contributed by atoms with Crippen LogP contribution in [-0.2, 0) is 14.8 Å². The summed E-state index contributed by atoms with van der Waals surface area (Å²) in [6.45, 7) is 8.84. The molecule has 2 fully saturated rings. The summed E-state index contributed by atoms with van der Waals surface area (Å²) in [6, 6.07) is 6.59. The zero-order valence-corrected chi connectivity index (χ0v) is 17.2. The van der Waals surface area contributed by atoms with Crippen LogP contribution in [0.2, 0.25) is 0 Å². The molecule has 1 aromatic carbocycles. The van der Waals surface area contributed by atoms with Crippen LogP contribution in [0.25, 0.3) is 0 Å². The van der Waals surface area contributed by atoms with Gasteiger partial charge in [-0.15, -0.1) is 0 Å². The molecule has 2 aliphatic rings. The zero-order valence-electron chi connectivity index (χ0n) is 16.4. The Morgan fingerprint density at radius 3 is 2.37 bits per heavy atom. The van der Waals surface area contributed by atoms with Gasteiger partial charge in [-0.25, -0.2) is 13.1 Å². The molecule has 27 heavy (non-hydrogen) atoms. The van der Waals surface area contributed by atoms with Gasteiger partial charge in [0.2, 0.25) is 15.9 Å². The molecule has 0 aromatic heterocycles. The first-order valence-corrected chi connectivity index (χ1v) is 11.5. The molecule has 0 radical (unpaired) electrons. The minimum Gasteiger partial charge on any atom is -0.312 e. The number of anilines is 1. The third-order valence-electron chi connectivity index (χ3n) is 5.42. The van der Waals surface area contributed by atoms with Crippen molar-refractivity contribution in [2.75, 3.05) is 37.6 Å². The second-order valence-corrected chi connectivity index (χ2v) is 9.87. The van der Waals surface area contributed by atoms with Gasteiger partial charge in [-0.2, -0.15) is 0 Å². The average Bonchev–Trinajstić information content (AvgIpc) is 3.04. The SMILES string of the molecule is C[C@@H]1C[C@@H](C)CN(CCCNS(=O)(=O)c2ccc(N3CCCC3=O)cc2)C1. The highest BCUT2D eigenvalue weighted by Crippen LogP contribution is 2.23. The normalized spacial score (nSPS) is 24.5. The Balaban J connectivity index is 1.49. The second kappa shape index (κ2) is 8.71. The van der Waals surface area contributed by atoms with Crippen LogP contribution in [0.15, 0.2) is 29.2 Å². The van der Waals surface area contributed by atoms with E-state index >= 15 is 0 Å². The standard InChI is InChI=1S/C20H31N3O3S/c1-16-13-17(2)15-22(14-16)11-4-10-21-27(25,26)19-8-6-18(7-9-19)23-12-3-5-20(23)24/h6-9,16-17,21H,3-5,10-15H2,1-2H3/t16-,17-/m1/s1. The van der Waals surface area contributed by atoms with Gasteiger partial charge in [0.1, 0.15) is 0 Å². The fourth-order valence-electron chi connectivity index (χ4n) is 4.29. The Kier molecular flexibility index (Phi) is 6.55.